The topological polar surface area (TPSA) is 9.23 Å². The van der Waals surface area contributed by atoms with Crippen molar-refractivity contribution in [1.29, 1.82) is 0 Å². The standard InChI is InChI=1S/C29H18F4O/c1-34-15-14-20-4-2-19(3-5-20)6-7-22-9-12-23(26(30)17-22)11-8-21-10-13-25-24(16-21)18-27(31)29(33)28(25)32/h2-5,9-10,12-13,16-18H,14-15H2,1H3. The highest BCUT2D eigenvalue weighted by molar-refractivity contribution is 5.84. The molecule has 0 unspecified atom stereocenters. The van der Waals surface area contributed by atoms with E-state index in [9.17, 15) is 17.6 Å². The van der Waals surface area contributed by atoms with Gasteiger partial charge in [-0.15, -0.1) is 0 Å². The Hall–Kier alpha value is -4.06. The quantitative estimate of drug-likeness (QED) is 0.197. The van der Waals surface area contributed by atoms with Crippen molar-refractivity contribution in [2.45, 2.75) is 6.42 Å². The van der Waals surface area contributed by atoms with Crippen molar-refractivity contribution in [2.75, 3.05) is 13.7 Å². The van der Waals surface area contributed by atoms with Crippen LogP contribution in [-0.4, -0.2) is 13.7 Å². The Morgan fingerprint density at radius 2 is 1.29 bits per heavy atom. The smallest absolute Gasteiger partial charge is 0.195 e. The van der Waals surface area contributed by atoms with Crippen LogP contribution in [0.15, 0.2) is 66.7 Å². The van der Waals surface area contributed by atoms with Crippen molar-refractivity contribution >= 4 is 10.8 Å². The van der Waals surface area contributed by atoms with Crippen molar-refractivity contribution in [1.82, 2.24) is 0 Å². The maximum Gasteiger partial charge on any atom is 0.195 e. The van der Waals surface area contributed by atoms with Crippen LogP contribution in [0, 0.1) is 47.0 Å². The summed E-state index contributed by atoms with van der Waals surface area (Å²) in [4.78, 5) is 0. The van der Waals surface area contributed by atoms with Crippen LogP contribution in [0.3, 0.4) is 0 Å². The van der Waals surface area contributed by atoms with Gasteiger partial charge < -0.3 is 4.74 Å². The minimum atomic E-state index is -1.52. The van der Waals surface area contributed by atoms with Gasteiger partial charge in [-0.25, -0.2) is 17.6 Å². The van der Waals surface area contributed by atoms with E-state index < -0.39 is 23.3 Å². The molecule has 0 bridgehead atoms. The van der Waals surface area contributed by atoms with Gasteiger partial charge in [0.05, 0.1) is 12.2 Å². The highest BCUT2D eigenvalue weighted by Gasteiger charge is 2.13. The molecule has 0 aliphatic heterocycles. The fourth-order valence-electron chi connectivity index (χ4n) is 3.34. The molecule has 0 N–H and O–H groups in total. The first-order valence-corrected chi connectivity index (χ1v) is 10.4. The molecule has 168 valence electrons. The van der Waals surface area contributed by atoms with E-state index in [1.165, 1.54) is 30.3 Å². The van der Waals surface area contributed by atoms with Gasteiger partial charge in [-0.3, -0.25) is 0 Å². The van der Waals surface area contributed by atoms with Crippen LogP contribution >= 0.6 is 0 Å². The summed E-state index contributed by atoms with van der Waals surface area (Å²) in [6.45, 7) is 0.650. The molecule has 0 aromatic heterocycles. The number of fused-ring (bicyclic) bond motifs is 1. The van der Waals surface area contributed by atoms with Gasteiger partial charge in [-0.1, -0.05) is 41.9 Å². The summed E-state index contributed by atoms with van der Waals surface area (Å²) in [6.07, 6.45) is 0.823. The molecule has 34 heavy (non-hydrogen) atoms. The molecule has 0 heterocycles. The molecule has 0 aliphatic rings. The Bertz CT molecular complexity index is 1480. The second-order valence-electron chi connectivity index (χ2n) is 7.56. The average molecular weight is 458 g/mol. The minimum Gasteiger partial charge on any atom is -0.384 e. The van der Waals surface area contributed by atoms with Crippen LogP contribution in [0.2, 0.25) is 0 Å². The summed E-state index contributed by atoms with van der Waals surface area (Å²) in [5.41, 5.74) is 3.04. The Labute approximate surface area is 195 Å². The molecule has 4 aromatic carbocycles. The zero-order valence-corrected chi connectivity index (χ0v) is 18.2. The fourth-order valence-corrected chi connectivity index (χ4v) is 3.34. The van der Waals surface area contributed by atoms with Gasteiger partial charge in [0.1, 0.15) is 5.82 Å². The first kappa shape index (κ1) is 23.1. The lowest BCUT2D eigenvalue weighted by Crippen LogP contribution is -1.93. The summed E-state index contributed by atoms with van der Waals surface area (Å²) in [5, 5.41) is 0.115. The molecule has 0 radical (unpaired) electrons. The van der Waals surface area contributed by atoms with Crippen molar-refractivity contribution in [3.63, 3.8) is 0 Å². The van der Waals surface area contributed by atoms with Gasteiger partial charge >= 0.3 is 0 Å². The van der Waals surface area contributed by atoms with Crippen LogP contribution in [-0.2, 0) is 11.2 Å². The number of hydrogen-bond acceptors (Lipinski definition) is 1. The van der Waals surface area contributed by atoms with Gasteiger partial charge in [-0.05, 0) is 65.9 Å². The van der Waals surface area contributed by atoms with Crippen LogP contribution in [0.5, 0.6) is 0 Å². The molecule has 0 aliphatic carbocycles. The molecular formula is C29H18F4O. The van der Waals surface area contributed by atoms with Crippen LogP contribution in [0.4, 0.5) is 17.6 Å². The number of ether oxygens (including phenoxy) is 1. The van der Waals surface area contributed by atoms with E-state index in [1.807, 2.05) is 24.3 Å². The van der Waals surface area contributed by atoms with Crippen molar-refractivity contribution in [2.24, 2.45) is 0 Å². The van der Waals surface area contributed by atoms with E-state index in [0.717, 1.165) is 23.6 Å². The summed E-state index contributed by atoms with van der Waals surface area (Å²) >= 11 is 0. The van der Waals surface area contributed by atoms with E-state index in [0.29, 0.717) is 17.7 Å². The number of methoxy groups -OCH3 is 1. The molecule has 5 heteroatoms. The number of benzene rings is 4. The Kier molecular flexibility index (Phi) is 6.97. The largest absolute Gasteiger partial charge is 0.384 e. The van der Waals surface area contributed by atoms with E-state index in [4.69, 9.17) is 4.74 Å². The van der Waals surface area contributed by atoms with Gasteiger partial charge in [0.2, 0.25) is 0 Å². The second-order valence-corrected chi connectivity index (χ2v) is 7.56. The molecule has 1 nitrogen and oxygen atoms in total. The number of rotatable bonds is 3. The molecule has 0 amide bonds. The van der Waals surface area contributed by atoms with Gasteiger partial charge in [0, 0.05) is 29.2 Å². The van der Waals surface area contributed by atoms with Crippen molar-refractivity contribution in [3.05, 3.63) is 118 Å². The Morgan fingerprint density at radius 3 is 2.03 bits per heavy atom. The summed E-state index contributed by atoms with van der Waals surface area (Å²) in [5.74, 6) is 6.85. The first-order valence-electron chi connectivity index (χ1n) is 10.4. The lowest BCUT2D eigenvalue weighted by molar-refractivity contribution is 0.202. The van der Waals surface area contributed by atoms with E-state index in [1.54, 1.807) is 13.2 Å². The molecule has 0 saturated heterocycles. The molecule has 0 fully saturated rings. The SMILES string of the molecule is COCCc1ccc(C#Cc2ccc(C#Cc3ccc4c(F)c(F)c(F)cc4c3)c(F)c2)cc1. The van der Waals surface area contributed by atoms with E-state index in [-0.39, 0.29) is 16.3 Å². The molecular weight excluding hydrogens is 440 g/mol. The van der Waals surface area contributed by atoms with E-state index in [2.05, 4.69) is 23.7 Å². The van der Waals surface area contributed by atoms with Gasteiger partial charge in [-0.2, -0.15) is 0 Å². The predicted molar refractivity (Wildman–Crippen MR) is 124 cm³/mol. The summed E-state index contributed by atoms with van der Waals surface area (Å²) < 4.78 is 60.3. The zero-order chi connectivity index (χ0) is 24.1. The lowest BCUT2D eigenvalue weighted by Gasteiger charge is -2.02. The molecule has 0 atom stereocenters. The third kappa shape index (κ3) is 5.29. The second kappa shape index (κ2) is 10.3. The molecule has 4 aromatic rings. The number of hydrogen-bond donors (Lipinski definition) is 0. The van der Waals surface area contributed by atoms with Crippen LogP contribution in [0.25, 0.3) is 10.8 Å². The molecule has 4 rings (SSSR count). The van der Waals surface area contributed by atoms with E-state index >= 15 is 0 Å². The predicted octanol–water partition coefficient (Wildman–Crippen LogP) is 6.38. The Morgan fingerprint density at radius 1 is 0.647 bits per heavy atom. The van der Waals surface area contributed by atoms with Gasteiger partial charge in [0.25, 0.3) is 0 Å². The number of halogens is 4. The zero-order valence-electron chi connectivity index (χ0n) is 18.2. The van der Waals surface area contributed by atoms with Crippen LogP contribution < -0.4 is 0 Å². The third-order valence-corrected chi connectivity index (χ3v) is 5.18. The van der Waals surface area contributed by atoms with Gasteiger partial charge in [0.15, 0.2) is 17.5 Å². The lowest BCUT2D eigenvalue weighted by atomic mass is 10.1. The average Bonchev–Trinajstić information content (AvgIpc) is 2.84. The minimum absolute atomic E-state index is 0.0526. The molecule has 0 saturated carbocycles. The maximum absolute atomic E-state index is 14.5. The van der Waals surface area contributed by atoms with Crippen molar-refractivity contribution < 1.29 is 22.3 Å². The highest BCUT2D eigenvalue weighted by Crippen LogP contribution is 2.24. The highest BCUT2D eigenvalue weighted by atomic mass is 19.2. The monoisotopic (exact) mass is 458 g/mol. The summed E-state index contributed by atoms with van der Waals surface area (Å²) in [7, 11) is 1.66. The summed E-state index contributed by atoms with van der Waals surface area (Å²) in [6, 6.07) is 17.4. The van der Waals surface area contributed by atoms with Crippen LogP contribution in [0.1, 0.15) is 27.8 Å². The normalized spacial score (nSPS) is 10.4. The maximum atomic E-state index is 14.5. The third-order valence-electron chi connectivity index (χ3n) is 5.18. The molecule has 0 spiro atoms. The first-order chi connectivity index (χ1) is 16.4. The fraction of sp³-hybridized carbons (Fsp3) is 0.103. The Balaban J connectivity index is 1.52. The van der Waals surface area contributed by atoms with Crippen molar-refractivity contribution in [3.8, 4) is 23.7 Å².